The first-order chi connectivity index (χ1) is 10.5. The van der Waals surface area contributed by atoms with Gasteiger partial charge < -0.3 is 10.1 Å². The van der Waals surface area contributed by atoms with E-state index in [0.717, 1.165) is 25.2 Å². The Labute approximate surface area is 132 Å². The summed E-state index contributed by atoms with van der Waals surface area (Å²) < 4.78 is 42.3. The maximum atomic E-state index is 12.4. The number of nitrogens with zero attached hydrogens (tertiary/aromatic N) is 2. The van der Waals surface area contributed by atoms with Crippen LogP contribution in [0.1, 0.15) is 45.0 Å². The summed E-state index contributed by atoms with van der Waals surface area (Å²) in [6.45, 7) is 5.37. The lowest BCUT2D eigenvalue weighted by Gasteiger charge is -2.36. The van der Waals surface area contributed by atoms with Crippen molar-refractivity contribution in [1.82, 2.24) is 15.3 Å². The summed E-state index contributed by atoms with van der Waals surface area (Å²) in [6, 6.07) is 0.0391. The fourth-order valence-corrected chi connectivity index (χ4v) is 2.40. The van der Waals surface area contributed by atoms with Gasteiger partial charge in [-0.3, -0.25) is 4.98 Å². The first-order valence-corrected chi connectivity index (χ1v) is 7.40. The molecule has 0 aliphatic heterocycles. The van der Waals surface area contributed by atoms with Gasteiger partial charge in [0.2, 0.25) is 0 Å². The van der Waals surface area contributed by atoms with E-state index < -0.39 is 23.6 Å². The highest BCUT2D eigenvalue weighted by molar-refractivity contribution is 5.68. The molecule has 0 unspecified atom stereocenters. The maximum absolute atomic E-state index is 12.4. The van der Waals surface area contributed by atoms with Gasteiger partial charge in [0, 0.05) is 12.2 Å². The van der Waals surface area contributed by atoms with Gasteiger partial charge in [-0.15, -0.1) is 0 Å². The Balaban J connectivity index is 1.75. The zero-order valence-corrected chi connectivity index (χ0v) is 13.3. The molecule has 1 aromatic heterocycles. The van der Waals surface area contributed by atoms with Crippen molar-refractivity contribution in [3.8, 4) is 0 Å². The molecule has 1 heterocycles. The number of alkyl halides is 3. The van der Waals surface area contributed by atoms with Crippen molar-refractivity contribution in [2.45, 2.75) is 57.9 Å². The van der Waals surface area contributed by atoms with Gasteiger partial charge in [-0.1, -0.05) is 0 Å². The second kappa shape index (κ2) is 6.33. The van der Waals surface area contributed by atoms with Crippen LogP contribution in [0.15, 0.2) is 12.4 Å². The van der Waals surface area contributed by atoms with Crippen LogP contribution in [0.4, 0.5) is 18.0 Å². The quantitative estimate of drug-likeness (QED) is 0.922. The van der Waals surface area contributed by atoms with Crippen molar-refractivity contribution >= 4 is 6.09 Å². The zero-order chi connectivity index (χ0) is 17.3. The largest absolute Gasteiger partial charge is 0.444 e. The van der Waals surface area contributed by atoms with Crippen LogP contribution in [0, 0.1) is 5.92 Å². The maximum Gasteiger partial charge on any atom is 0.434 e. The third-order valence-electron chi connectivity index (χ3n) is 3.45. The summed E-state index contributed by atoms with van der Waals surface area (Å²) in [4.78, 5) is 18.8. The fourth-order valence-electron chi connectivity index (χ4n) is 2.40. The van der Waals surface area contributed by atoms with E-state index in [1.165, 1.54) is 0 Å². The summed E-state index contributed by atoms with van der Waals surface area (Å²) in [6.07, 6.45) is -0.941. The number of carbonyl (C=O) groups is 1. The fraction of sp³-hybridized carbons (Fsp3) is 0.667. The Bertz CT molecular complexity index is 547. The molecule has 1 fully saturated rings. The van der Waals surface area contributed by atoms with Crippen LogP contribution in [0.5, 0.6) is 0 Å². The van der Waals surface area contributed by atoms with Crippen LogP contribution >= 0.6 is 0 Å². The molecule has 1 N–H and O–H groups in total. The van der Waals surface area contributed by atoms with Crippen LogP contribution < -0.4 is 5.32 Å². The molecule has 0 spiro atoms. The molecule has 23 heavy (non-hydrogen) atoms. The molecule has 0 atom stereocenters. The Morgan fingerprint density at radius 3 is 2.39 bits per heavy atom. The molecule has 128 valence electrons. The molecule has 5 nitrogen and oxygen atoms in total. The third-order valence-corrected chi connectivity index (χ3v) is 3.45. The molecule has 1 amide bonds. The first-order valence-electron chi connectivity index (χ1n) is 7.40. The number of hydrogen-bond donors (Lipinski definition) is 1. The minimum atomic E-state index is -4.47. The molecule has 8 heteroatoms. The smallest absolute Gasteiger partial charge is 0.434 e. The van der Waals surface area contributed by atoms with Crippen LogP contribution in [0.25, 0.3) is 0 Å². The molecule has 2 rings (SSSR count). The number of carbonyl (C=O) groups excluding carboxylic acids is 1. The number of nitrogens with one attached hydrogen (secondary N) is 1. The van der Waals surface area contributed by atoms with E-state index in [1.54, 1.807) is 20.8 Å². The topological polar surface area (TPSA) is 64.1 Å². The normalized spacial score (nSPS) is 21.5. The SMILES string of the molecule is CC(C)(C)OC(=O)NC1CC(Cc2cnc(C(F)(F)F)cn2)C1. The van der Waals surface area contributed by atoms with E-state index in [4.69, 9.17) is 4.74 Å². The van der Waals surface area contributed by atoms with E-state index in [-0.39, 0.29) is 12.0 Å². The van der Waals surface area contributed by atoms with E-state index in [0.29, 0.717) is 12.1 Å². The van der Waals surface area contributed by atoms with Crippen LogP contribution in [-0.4, -0.2) is 27.7 Å². The molecule has 0 saturated heterocycles. The Morgan fingerprint density at radius 1 is 1.26 bits per heavy atom. The van der Waals surface area contributed by atoms with Crippen molar-refractivity contribution in [3.63, 3.8) is 0 Å². The van der Waals surface area contributed by atoms with Crippen molar-refractivity contribution in [2.75, 3.05) is 0 Å². The van der Waals surface area contributed by atoms with Gasteiger partial charge >= 0.3 is 12.3 Å². The monoisotopic (exact) mass is 331 g/mol. The highest BCUT2D eigenvalue weighted by Gasteiger charge is 2.34. The van der Waals surface area contributed by atoms with Gasteiger partial charge in [-0.05, 0) is 46.0 Å². The molecule has 1 aliphatic carbocycles. The number of halogens is 3. The number of rotatable bonds is 3. The highest BCUT2D eigenvalue weighted by Crippen LogP contribution is 2.31. The second-order valence-electron chi connectivity index (χ2n) is 6.78. The van der Waals surface area contributed by atoms with Gasteiger partial charge in [0.1, 0.15) is 5.60 Å². The van der Waals surface area contributed by atoms with E-state index in [1.807, 2.05) is 0 Å². The minimum Gasteiger partial charge on any atom is -0.444 e. The van der Waals surface area contributed by atoms with Crippen LogP contribution in [0.3, 0.4) is 0 Å². The van der Waals surface area contributed by atoms with Crippen molar-refractivity contribution in [2.24, 2.45) is 5.92 Å². The summed E-state index contributed by atoms with van der Waals surface area (Å²) in [5.41, 5.74) is -0.999. The van der Waals surface area contributed by atoms with Crippen molar-refractivity contribution in [1.29, 1.82) is 0 Å². The lowest BCUT2D eigenvalue weighted by molar-refractivity contribution is -0.141. The standard InChI is InChI=1S/C15H20F3N3O2/c1-14(2,3)23-13(22)21-10-4-9(5-10)6-11-7-20-12(8-19-11)15(16,17)18/h7-10H,4-6H2,1-3H3,(H,21,22). The molecule has 1 aliphatic rings. The zero-order valence-electron chi connectivity index (χ0n) is 13.3. The summed E-state index contributed by atoms with van der Waals surface area (Å²) >= 11 is 0. The van der Waals surface area contributed by atoms with Gasteiger partial charge in [-0.25, -0.2) is 9.78 Å². The minimum absolute atomic E-state index is 0.0391. The molecular weight excluding hydrogens is 311 g/mol. The third kappa shape index (κ3) is 5.37. The van der Waals surface area contributed by atoms with Gasteiger partial charge in [0.05, 0.1) is 11.9 Å². The summed E-state index contributed by atoms with van der Waals surface area (Å²) in [5.74, 6) is 0.279. The average Bonchev–Trinajstić information content (AvgIpc) is 2.33. The number of ether oxygens (including phenoxy) is 1. The van der Waals surface area contributed by atoms with E-state index >= 15 is 0 Å². The molecular formula is C15H20F3N3O2. The first kappa shape index (κ1) is 17.5. The van der Waals surface area contributed by atoms with Crippen LogP contribution in [0.2, 0.25) is 0 Å². The Hall–Kier alpha value is -1.86. The van der Waals surface area contributed by atoms with Crippen molar-refractivity contribution in [3.05, 3.63) is 23.8 Å². The highest BCUT2D eigenvalue weighted by atomic mass is 19.4. The Morgan fingerprint density at radius 2 is 1.91 bits per heavy atom. The molecule has 1 aromatic rings. The van der Waals surface area contributed by atoms with Crippen molar-refractivity contribution < 1.29 is 22.7 Å². The number of alkyl carbamates (subject to hydrolysis) is 1. The number of amides is 1. The summed E-state index contributed by atoms with van der Waals surface area (Å²) in [7, 11) is 0. The van der Waals surface area contributed by atoms with Gasteiger partial charge in [-0.2, -0.15) is 13.2 Å². The molecule has 0 radical (unpaired) electrons. The predicted octanol–water partition coefficient (Wildman–Crippen LogP) is 3.34. The molecule has 0 bridgehead atoms. The van der Waals surface area contributed by atoms with Crippen LogP contribution in [-0.2, 0) is 17.3 Å². The summed E-state index contributed by atoms with van der Waals surface area (Å²) in [5, 5.41) is 2.77. The second-order valence-corrected chi connectivity index (χ2v) is 6.78. The number of hydrogen-bond acceptors (Lipinski definition) is 4. The van der Waals surface area contributed by atoms with E-state index in [2.05, 4.69) is 15.3 Å². The van der Waals surface area contributed by atoms with E-state index in [9.17, 15) is 18.0 Å². The Kier molecular flexibility index (Phi) is 4.81. The van der Waals surface area contributed by atoms with Gasteiger partial charge in [0.25, 0.3) is 0 Å². The molecule has 0 aromatic carbocycles. The van der Waals surface area contributed by atoms with Gasteiger partial charge in [0.15, 0.2) is 5.69 Å². The lowest BCUT2D eigenvalue weighted by Crippen LogP contribution is -2.46. The average molecular weight is 331 g/mol. The number of aromatic nitrogens is 2. The lowest BCUT2D eigenvalue weighted by atomic mass is 9.77. The predicted molar refractivity (Wildman–Crippen MR) is 76.6 cm³/mol. The molecule has 1 saturated carbocycles.